The monoisotopic (exact) mass is 326 g/mol. The Labute approximate surface area is 136 Å². The molecule has 1 aromatic carbocycles. The number of carbonyl (C=O) groups excluding carboxylic acids is 1. The Morgan fingerprint density at radius 1 is 1.23 bits per heavy atom. The summed E-state index contributed by atoms with van der Waals surface area (Å²) in [4.78, 5) is 14.1. The van der Waals surface area contributed by atoms with Gasteiger partial charge in [0, 0.05) is 24.7 Å². The Bertz CT molecular complexity index is 447. The van der Waals surface area contributed by atoms with Crippen LogP contribution in [0.4, 0.5) is 0 Å². The summed E-state index contributed by atoms with van der Waals surface area (Å²) in [5.41, 5.74) is 0. The van der Waals surface area contributed by atoms with Gasteiger partial charge in [-0.05, 0) is 43.7 Å². The van der Waals surface area contributed by atoms with Crippen LogP contribution in [0.15, 0.2) is 24.3 Å². The Morgan fingerprint density at radius 2 is 1.95 bits per heavy atom. The van der Waals surface area contributed by atoms with Crippen LogP contribution in [-0.4, -0.2) is 56.8 Å². The molecule has 0 saturated carbocycles. The largest absolute Gasteiger partial charge is 0.484 e. The van der Waals surface area contributed by atoms with Gasteiger partial charge >= 0.3 is 0 Å². The van der Waals surface area contributed by atoms with Crippen molar-refractivity contribution < 1.29 is 14.3 Å². The first-order valence-electron chi connectivity index (χ1n) is 7.69. The second-order valence-corrected chi connectivity index (χ2v) is 5.69. The average Bonchev–Trinajstić information content (AvgIpc) is 2.55. The topological polar surface area (TPSA) is 50.8 Å². The number of nitrogens with zero attached hydrogens (tertiary/aromatic N) is 1. The van der Waals surface area contributed by atoms with Crippen molar-refractivity contribution in [3.63, 3.8) is 0 Å². The second kappa shape index (κ2) is 9.66. The maximum atomic E-state index is 11.7. The Kier molecular flexibility index (Phi) is 7.49. The molecule has 22 heavy (non-hydrogen) atoms. The van der Waals surface area contributed by atoms with Crippen LogP contribution in [-0.2, 0) is 9.53 Å². The average molecular weight is 327 g/mol. The predicted octanol–water partition coefficient (Wildman–Crippen LogP) is 1.95. The number of ether oxygens (including phenoxy) is 2. The summed E-state index contributed by atoms with van der Waals surface area (Å²) in [6.45, 7) is 5.49. The Hall–Kier alpha value is -1.30. The summed E-state index contributed by atoms with van der Waals surface area (Å²) in [6.07, 6.45) is 2.06. The van der Waals surface area contributed by atoms with E-state index in [2.05, 4.69) is 10.2 Å². The molecule has 0 unspecified atom stereocenters. The van der Waals surface area contributed by atoms with Crippen molar-refractivity contribution in [2.75, 3.05) is 46.0 Å². The van der Waals surface area contributed by atoms with Crippen molar-refractivity contribution >= 4 is 17.5 Å². The molecule has 0 spiro atoms. The molecule has 122 valence electrons. The lowest BCUT2D eigenvalue weighted by Gasteiger charge is -2.26. The highest BCUT2D eigenvalue weighted by Gasteiger charge is 2.09. The zero-order chi connectivity index (χ0) is 15.6. The van der Waals surface area contributed by atoms with Gasteiger partial charge in [0.2, 0.25) is 0 Å². The minimum Gasteiger partial charge on any atom is -0.484 e. The van der Waals surface area contributed by atoms with Crippen LogP contribution in [0.25, 0.3) is 0 Å². The number of rotatable bonds is 8. The van der Waals surface area contributed by atoms with Gasteiger partial charge in [0.05, 0.1) is 13.2 Å². The third kappa shape index (κ3) is 6.64. The molecule has 0 bridgehead atoms. The molecule has 0 radical (unpaired) electrons. The van der Waals surface area contributed by atoms with E-state index in [0.717, 1.165) is 45.7 Å². The number of carbonyl (C=O) groups is 1. The number of hydrogen-bond donors (Lipinski definition) is 1. The summed E-state index contributed by atoms with van der Waals surface area (Å²) < 4.78 is 10.7. The van der Waals surface area contributed by atoms with E-state index in [-0.39, 0.29) is 12.5 Å². The Morgan fingerprint density at radius 3 is 2.68 bits per heavy atom. The molecule has 1 N–H and O–H groups in total. The van der Waals surface area contributed by atoms with E-state index in [1.165, 1.54) is 0 Å². The van der Waals surface area contributed by atoms with E-state index >= 15 is 0 Å². The lowest BCUT2D eigenvalue weighted by atomic mass is 10.2. The Balaban J connectivity index is 1.49. The molecular formula is C16H23ClN2O3. The van der Waals surface area contributed by atoms with Crippen molar-refractivity contribution in [2.45, 2.75) is 12.8 Å². The number of halogens is 1. The standard InChI is InChI=1S/C16H23ClN2O3/c17-14-3-5-15(6-4-14)22-13-16(20)18-7-1-2-8-19-9-11-21-12-10-19/h3-6H,1-2,7-13H2,(H,18,20). The first-order valence-corrected chi connectivity index (χ1v) is 8.07. The molecule has 1 fully saturated rings. The van der Waals surface area contributed by atoms with E-state index in [1.54, 1.807) is 24.3 Å². The van der Waals surface area contributed by atoms with Gasteiger partial charge < -0.3 is 14.8 Å². The molecule has 1 amide bonds. The number of nitrogens with one attached hydrogen (secondary N) is 1. The van der Waals surface area contributed by atoms with Crippen LogP contribution in [0.3, 0.4) is 0 Å². The SMILES string of the molecule is O=C(COc1ccc(Cl)cc1)NCCCCN1CCOCC1. The van der Waals surface area contributed by atoms with Crippen LogP contribution in [0.1, 0.15) is 12.8 Å². The van der Waals surface area contributed by atoms with Gasteiger partial charge in [-0.25, -0.2) is 0 Å². The first-order chi connectivity index (χ1) is 10.7. The van der Waals surface area contributed by atoms with Gasteiger partial charge in [0.1, 0.15) is 5.75 Å². The van der Waals surface area contributed by atoms with Crippen molar-refractivity contribution in [3.8, 4) is 5.75 Å². The summed E-state index contributed by atoms with van der Waals surface area (Å²) in [7, 11) is 0. The number of morpholine rings is 1. The summed E-state index contributed by atoms with van der Waals surface area (Å²) in [6, 6.07) is 6.97. The summed E-state index contributed by atoms with van der Waals surface area (Å²) in [5, 5.41) is 3.52. The molecule has 1 aliphatic heterocycles. The molecule has 1 heterocycles. The number of unbranched alkanes of at least 4 members (excludes halogenated alkanes) is 1. The van der Waals surface area contributed by atoms with Crippen LogP contribution >= 0.6 is 11.6 Å². The van der Waals surface area contributed by atoms with E-state index in [0.29, 0.717) is 17.3 Å². The number of hydrogen-bond acceptors (Lipinski definition) is 4. The zero-order valence-electron chi connectivity index (χ0n) is 12.7. The molecule has 0 atom stereocenters. The molecule has 5 nitrogen and oxygen atoms in total. The smallest absolute Gasteiger partial charge is 0.257 e. The van der Waals surface area contributed by atoms with Gasteiger partial charge in [-0.3, -0.25) is 9.69 Å². The van der Waals surface area contributed by atoms with Crippen LogP contribution in [0.5, 0.6) is 5.75 Å². The normalized spacial score (nSPS) is 15.5. The van der Waals surface area contributed by atoms with Crippen molar-refractivity contribution in [1.82, 2.24) is 10.2 Å². The van der Waals surface area contributed by atoms with Crippen LogP contribution in [0, 0.1) is 0 Å². The number of amides is 1. The third-order valence-electron chi connectivity index (χ3n) is 3.51. The molecule has 1 aliphatic rings. The highest BCUT2D eigenvalue weighted by atomic mass is 35.5. The van der Waals surface area contributed by atoms with Gasteiger partial charge in [0.25, 0.3) is 5.91 Å². The molecule has 0 aromatic heterocycles. The van der Waals surface area contributed by atoms with Crippen molar-refractivity contribution in [2.24, 2.45) is 0 Å². The fourth-order valence-corrected chi connectivity index (χ4v) is 2.37. The molecule has 1 saturated heterocycles. The zero-order valence-corrected chi connectivity index (χ0v) is 13.5. The molecule has 6 heteroatoms. The van der Waals surface area contributed by atoms with E-state index in [4.69, 9.17) is 21.1 Å². The third-order valence-corrected chi connectivity index (χ3v) is 3.76. The lowest BCUT2D eigenvalue weighted by Crippen LogP contribution is -2.37. The molecule has 0 aliphatic carbocycles. The van der Waals surface area contributed by atoms with Crippen LogP contribution in [0.2, 0.25) is 5.02 Å². The fraction of sp³-hybridized carbons (Fsp3) is 0.562. The molecular weight excluding hydrogens is 304 g/mol. The second-order valence-electron chi connectivity index (χ2n) is 5.25. The molecule has 1 aromatic rings. The van der Waals surface area contributed by atoms with E-state index in [9.17, 15) is 4.79 Å². The predicted molar refractivity (Wildman–Crippen MR) is 86.4 cm³/mol. The van der Waals surface area contributed by atoms with E-state index in [1.807, 2.05) is 0 Å². The first kappa shape index (κ1) is 17.1. The number of benzene rings is 1. The highest BCUT2D eigenvalue weighted by molar-refractivity contribution is 6.30. The van der Waals surface area contributed by atoms with Gasteiger partial charge in [-0.15, -0.1) is 0 Å². The van der Waals surface area contributed by atoms with Crippen molar-refractivity contribution in [3.05, 3.63) is 29.3 Å². The highest BCUT2D eigenvalue weighted by Crippen LogP contribution is 2.15. The van der Waals surface area contributed by atoms with Gasteiger partial charge in [-0.2, -0.15) is 0 Å². The van der Waals surface area contributed by atoms with Crippen molar-refractivity contribution in [1.29, 1.82) is 0 Å². The fourth-order valence-electron chi connectivity index (χ4n) is 2.24. The molecule has 2 rings (SSSR count). The minimum absolute atomic E-state index is 0.0328. The minimum atomic E-state index is -0.0960. The van der Waals surface area contributed by atoms with Gasteiger partial charge in [0.15, 0.2) is 6.61 Å². The van der Waals surface area contributed by atoms with E-state index < -0.39 is 0 Å². The maximum Gasteiger partial charge on any atom is 0.257 e. The maximum absolute atomic E-state index is 11.7. The lowest BCUT2D eigenvalue weighted by molar-refractivity contribution is -0.123. The quantitative estimate of drug-likeness (QED) is 0.742. The summed E-state index contributed by atoms with van der Waals surface area (Å²) in [5.74, 6) is 0.549. The van der Waals surface area contributed by atoms with Gasteiger partial charge in [-0.1, -0.05) is 11.6 Å². The van der Waals surface area contributed by atoms with Crippen LogP contribution < -0.4 is 10.1 Å². The summed E-state index contributed by atoms with van der Waals surface area (Å²) >= 11 is 5.78.